The van der Waals surface area contributed by atoms with Gasteiger partial charge in [-0.05, 0) is 60.6 Å². The summed E-state index contributed by atoms with van der Waals surface area (Å²) in [6, 6.07) is 15.2. The molecule has 174 valence electrons. The van der Waals surface area contributed by atoms with Crippen LogP contribution in [0.4, 0.5) is 0 Å². The van der Waals surface area contributed by atoms with Crippen LogP contribution < -0.4 is 4.74 Å². The largest absolute Gasteiger partial charge is 0.495 e. The van der Waals surface area contributed by atoms with E-state index in [1.165, 1.54) is 11.1 Å². The van der Waals surface area contributed by atoms with E-state index in [1.54, 1.807) is 13.4 Å². The number of nitrogens with zero attached hydrogens (tertiary/aromatic N) is 5. The van der Waals surface area contributed by atoms with Gasteiger partial charge in [0.25, 0.3) is 0 Å². The van der Waals surface area contributed by atoms with Crippen molar-refractivity contribution in [1.29, 1.82) is 0 Å². The molecule has 6 heteroatoms. The third-order valence-electron chi connectivity index (χ3n) is 6.52. The number of aryl methyl sites for hydroxylation is 2. The van der Waals surface area contributed by atoms with Gasteiger partial charge in [0.1, 0.15) is 11.6 Å². The van der Waals surface area contributed by atoms with Gasteiger partial charge < -0.3 is 9.30 Å². The lowest BCUT2D eigenvalue weighted by molar-refractivity contribution is 0.413. The lowest BCUT2D eigenvalue weighted by Gasteiger charge is -2.22. The Balaban J connectivity index is 1.38. The first-order valence-electron chi connectivity index (χ1n) is 11.9. The fourth-order valence-electron chi connectivity index (χ4n) is 4.60. The maximum Gasteiger partial charge on any atom is 0.174 e. The molecule has 0 N–H and O–H groups in total. The van der Waals surface area contributed by atoms with Crippen molar-refractivity contribution in [3.63, 3.8) is 0 Å². The zero-order valence-corrected chi connectivity index (χ0v) is 20.3. The van der Waals surface area contributed by atoms with Crippen LogP contribution in [0.3, 0.4) is 0 Å². The highest BCUT2D eigenvalue weighted by atomic mass is 16.5. The number of rotatable bonds is 6. The van der Waals surface area contributed by atoms with Crippen LogP contribution in [-0.4, -0.2) is 31.4 Å². The van der Waals surface area contributed by atoms with E-state index in [9.17, 15) is 0 Å². The fraction of sp³-hybridized carbons (Fsp3) is 0.321. The Kier molecular flexibility index (Phi) is 6.05. The number of imidazole rings is 1. The van der Waals surface area contributed by atoms with Crippen molar-refractivity contribution in [3.8, 4) is 11.4 Å². The molecule has 0 spiro atoms. The molecule has 1 aliphatic rings. The minimum Gasteiger partial charge on any atom is -0.495 e. The molecular weight excluding hydrogens is 422 g/mol. The highest BCUT2D eigenvalue weighted by Gasteiger charge is 2.25. The average Bonchev–Trinajstić information content (AvgIpc) is 3.48. The molecule has 0 aliphatic carbocycles. The Bertz CT molecular complexity index is 1310. The van der Waals surface area contributed by atoms with Gasteiger partial charge in [-0.3, -0.25) is 0 Å². The Labute approximate surface area is 201 Å². The van der Waals surface area contributed by atoms with E-state index in [0.29, 0.717) is 11.8 Å². The fourth-order valence-corrected chi connectivity index (χ4v) is 4.60. The third-order valence-corrected chi connectivity index (χ3v) is 6.52. The van der Waals surface area contributed by atoms with E-state index in [4.69, 9.17) is 14.8 Å². The zero-order valence-electron chi connectivity index (χ0n) is 20.3. The maximum atomic E-state index is 5.64. The Morgan fingerprint density at radius 3 is 2.62 bits per heavy atom. The third kappa shape index (κ3) is 4.40. The molecule has 2 aromatic heterocycles. The van der Waals surface area contributed by atoms with Gasteiger partial charge in [0, 0.05) is 18.7 Å². The van der Waals surface area contributed by atoms with Gasteiger partial charge in [-0.2, -0.15) is 5.10 Å². The molecular formula is C28H31N5O. The van der Waals surface area contributed by atoms with Crippen LogP contribution in [-0.2, 0) is 6.54 Å². The predicted octanol–water partition coefficient (Wildman–Crippen LogP) is 6.00. The van der Waals surface area contributed by atoms with Crippen molar-refractivity contribution < 1.29 is 4.74 Å². The first-order chi connectivity index (χ1) is 16.5. The molecule has 0 unspecified atom stereocenters. The number of benzene rings is 2. The lowest BCUT2D eigenvalue weighted by Crippen LogP contribution is -2.18. The summed E-state index contributed by atoms with van der Waals surface area (Å²) in [5, 5.41) is 4.77. The highest BCUT2D eigenvalue weighted by Crippen LogP contribution is 2.33. The normalized spacial score (nSPS) is 15.7. The molecule has 1 atom stereocenters. The molecule has 0 saturated carbocycles. The van der Waals surface area contributed by atoms with Crippen LogP contribution in [0.15, 0.2) is 55.0 Å². The van der Waals surface area contributed by atoms with E-state index < -0.39 is 0 Å². The topological polar surface area (TPSA) is 57.8 Å². The minimum absolute atomic E-state index is 0.294. The number of fused-ring (bicyclic) bond motifs is 1. The van der Waals surface area contributed by atoms with Gasteiger partial charge in [0.2, 0.25) is 0 Å². The molecule has 0 radical (unpaired) electrons. The molecule has 2 aromatic carbocycles. The second-order valence-corrected chi connectivity index (χ2v) is 9.25. The van der Waals surface area contributed by atoms with Crippen molar-refractivity contribution in [1.82, 2.24) is 24.3 Å². The van der Waals surface area contributed by atoms with Crippen molar-refractivity contribution in [2.75, 3.05) is 7.11 Å². The first-order valence-corrected chi connectivity index (χ1v) is 11.9. The number of hydrogen-bond acceptors (Lipinski definition) is 4. The molecule has 0 amide bonds. The number of aromatic nitrogens is 5. The van der Waals surface area contributed by atoms with Crippen LogP contribution in [0, 0.1) is 6.92 Å². The van der Waals surface area contributed by atoms with Crippen LogP contribution in [0.2, 0.25) is 0 Å². The number of hydrogen-bond donors (Lipinski definition) is 0. The maximum absolute atomic E-state index is 5.64. The van der Waals surface area contributed by atoms with E-state index in [-0.39, 0.29) is 0 Å². The first kappa shape index (κ1) is 22.1. The molecule has 3 heterocycles. The summed E-state index contributed by atoms with van der Waals surface area (Å²) in [4.78, 5) is 9.23. The SMILES string of the molecule is COc1cc(C=Cc2nc3n(n2)CCC[C@@H]3c2ccc(C(C)C)cc2)ccc1-n1cnc(C)c1. The zero-order chi connectivity index (χ0) is 23.7. The van der Waals surface area contributed by atoms with E-state index in [0.717, 1.165) is 53.7 Å². The summed E-state index contributed by atoms with van der Waals surface area (Å²) in [7, 11) is 1.69. The van der Waals surface area contributed by atoms with Gasteiger partial charge in [-0.15, -0.1) is 0 Å². The molecule has 5 rings (SSSR count). The molecule has 6 nitrogen and oxygen atoms in total. The van der Waals surface area contributed by atoms with E-state index in [2.05, 4.69) is 53.8 Å². The van der Waals surface area contributed by atoms with Crippen LogP contribution in [0.1, 0.15) is 72.6 Å². The van der Waals surface area contributed by atoms with Gasteiger partial charge >= 0.3 is 0 Å². The Hall–Kier alpha value is -3.67. The quantitative estimate of drug-likeness (QED) is 0.359. The minimum atomic E-state index is 0.294. The van der Waals surface area contributed by atoms with Crippen molar-refractivity contribution in [3.05, 3.63) is 89.0 Å². The monoisotopic (exact) mass is 453 g/mol. The van der Waals surface area contributed by atoms with Gasteiger partial charge in [-0.25, -0.2) is 14.6 Å². The molecule has 0 saturated heterocycles. The van der Waals surface area contributed by atoms with Crippen LogP contribution in [0.25, 0.3) is 17.8 Å². The molecule has 34 heavy (non-hydrogen) atoms. The van der Waals surface area contributed by atoms with Crippen molar-refractivity contribution in [2.45, 2.75) is 52.0 Å². The van der Waals surface area contributed by atoms with Crippen molar-refractivity contribution >= 4 is 12.2 Å². The Morgan fingerprint density at radius 2 is 1.91 bits per heavy atom. The summed E-state index contributed by atoms with van der Waals surface area (Å²) in [6.45, 7) is 7.35. The summed E-state index contributed by atoms with van der Waals surface area (Å²) in [6.07, 6.45) is 10.0. The number of methoxy groups -OCH3 is 1. The summed E-state index contributed by atoms with van der Waals surface area (Å²) in [5.74, 6) is 3.43. The Morgan fingerprint density at radius 1 is 1.09 bits per heavy atom. The van der Waals surface area contributed by atoms with E-state index >= 15 is 0 Å². The smallest absolute Gasteiger partial charge is 0.174 e. The van der Waals surface area contributed by atoms with Gasteiger partial charge in [-0.1, -0.05) is 50.3 Å². The average molecular weight is 454 g/mol. The lowest BCUT2D eigenvalue weighted by atomic mass is 9.89. The molecule has 1 aliphatic heterocycles. The second-order valence-electron chi connectivity index (χ2n) is 9.25. The standard InChI is InChI=1S/C28H31N5O/c1-19(2)22-9-11-23(12-10-22)24-6-5-15-33-28(24)30-27(31-33)14-8-21-7-13-25(26(16-21)34-4)32-17-20(3)29-18-32/h7-14,16-19,24H,5-6,15H2,1-4H3/t24-/m1/s1. The molecule has 4 aromatic rings. The summed E-state index contributed by atoms with van der Waals surface area (Å²) < 4.78 is 9.69. The van der Waals surface area contributed by atoms with Crippen LogP contribution >= 0.6 is 0 Å². The molecule has 0 fully saturated rings. The van der Waals surface area contributed by atoms with Gasteiger partial charge in [0.05, 0.1) is 24.8 Å². The van der Waals surface area contributed by atoms with Crippen molar-refractivity contribution in [2.24, 2.45) is 0 Å². The summed E-state index contributed by atoms with van der Waals surface area (Å²) >= 11 is 0. The second kappa shape index (κ2) is 9.29. The van der Waals surface area contributed by atoms with E-state index in [1.807, 2.05) is 42.0 Å². The molecule has 0 bridgehead atoms. The highest BCUT2D eigenvalue weighted by molar-refractivity contribution is 5.69. The van der Waals surface area contributed by atoms with Gasteiger partial charge in [0.15, 0.2) is 5.82 Å². The summed E-state index contributed by atoms with van der Waals surface area (Å²) in [5.41, 5.74) is 5.65. The predicted molar refractivity (Wildman–Crippen MR) is 135 cm³/mol. The number of ether oxygens (including phenoxy) is 1. The van der Waals surface area contributed by atoms with Crippen LogP contribution in [0.5, 0.6) is 5.75 Å².